The standard InChI is InChI=1S/C35H52N10O7S2/c1-3-4-5-9-39-32-31-28(40-35(38)41-32)8-10-45(31)17-24-7-6-23(15-29(24)51-2)16-43-11-13-44(14-12-43)30(46)18-52-42-25(19-53-21-26(36)33(47)48)20-54-22-27(37)34(49)50/h6-8,10,15,26-27H,3-5,9,11-14,16-22,36-37H2,1-2H3,(H,47,48)(H,49,50)(H3,38,39,40,41). The van der Waals surface area contributed by atoms with Gasteiger partial charge in [0.1, 0.15) is 23.3 Å². The average Bonchev–Trinajstić information content (AvgIpc) is 3.55. The van der Waals surface area contributed by atoms with Crippen LogP contribution in [0.4, 0.5) is 11.8 Å². The molecule has 3 aromatic rings. The predicted molar refractivity (Wildman–Crippen MR) is 213 cm³/mol. The van der Waals surface area contributed by atoms with E-state index < -0.39 is 24.0 Å². The summed E-state index contributed by atoms with van der Waals surface area (Å²) in [6, 6.07) is 6.12. The van der Waals surface area contributed by atoms with E-state index in [9.17, 15) is 14.4 Å². The van der Waals surface area contributed by atoms with Crippen LogP contribution < -0.4 is 27.3 Å². The quantitative estimate of drug-likeness (QED) is 0.0457. The molecule has 0 bridgehead atoms. The second-order valence-electron chi connectivity index (χ2n) is 12.9. The number of nitrogen functional groups attached to an aromatic ring is 1. The number of nitrogens with one attached hydrogen (secondary N) is 1. The molecular formula is C35H52N10O7S2. The number of carbonyl (C=O) groups is 3. The lowest BCUT2D eigenvalue weighted by Crippen LogP contribution is -2.49. The SMILES string of the molecule is CCCCCNc1nc(N)nc2ccn(Cc3ccc(CN4CCN(C(=O)CON=C(CSCC(N)C(=O)O)CSCC(N)C(=O)O)CC4)cc3OC)c12. The molecule has 0 aliphatic carbocycles. The highest BCUT2D eigenvalue weighted by Crippen LogP contribution is 2.27. The van der Waals surface area contributed by atoms with Crippen molar-refractivity contribution in [2.45, 2.75) is 51.4 Å². The van der Waals surface area contributed by atoms with Crippen LogP contribution in [0.5, 0.6) is 5.75 Å². The van der Waals surface area contributed by atoms with E-state index in [4.69, 9.17) is 37.0 Å². The van der Waals surface area contributed by atoms with Crippen LogP contribution in [-0.2, 0) is 32.3 Å². The highest BCUT2D eigenvalue weighted by Gasteiger charge is 2.23. The summed E-state index contributed by atoms with van der Waals surface area (Å²) in [5, 5.41) is 25.6. The maximum Gasteiger partial charge on any atom is 0.321 e. The topological polar surface area (TPSA) is 250 Å². The van der Waals surface area contributed by atoms with E-state index in [-0.39, 0.29) is 30.0 Å². The molecule has 3 heterocycles. The van der Waals surface area contributed by atoms with Gasteiger partial charge < -0.3 is 51.8 Å². The summed E-state index contributed by atoms with van der Waals surface area (Å²) in [5.74, 6) is 0.243. The number of thioether (sulfide) groups is 2. The Labute approximate surface area is 323 Å². The molecule has 17 nitrogen and oxygen atoms in total. The van der Waals surface area contributed by atoms with Crippen LogP contribution in [0, 0.1) is 0 Å². The van der Waals surface area contributed by atoms with Gasteiger partial charge >= 0.3 is 11.9 Å². The van der Waals surface area contributed by atoms with Crippen molar-refractivity contribution in [2.24, 2.45) is 16.6 Å². The third-order valence-corrected chi connectivity index (χ3v) is 10.9. The minimum Gasteiger partial charge on any atom is -0.496 e. The first-order chi connectivity index (χ1) is 26.0. The molecule has 1 fully saturated rings. The lowest BCUT2D eigenvalue weighted by atomic mass is 10.1. The zero-order chi connectivity index (χ0) is 39.0. The zero-order valence-electron chi connectivity index (χ0n) is 30.8. The van der Waals surface area contributed by atoms with Crippen LogP contribution >= 0.6 is 23.5 Å². The fraction of sp³-hybridized carbons (Fsp3) is 0.543. The molecule has 1 saturated heterocycles. The van der Waals surface area contributed by atoms with Gasteiger partial charge in [-0.05, 0) is 24.1 Å². The molecule has 2 unspecified atom stereocenters. The van der Waals surface area contributed by atoms with Crippen LogP contribution in [0.1, 0.15) is 37.3 Å². The Morgan fingerprint density at radius 2 is 1.67 bits per heavy atom. The van der Waals surface area contributed by atoms with Gasteiger partial charge in [-0.25, -0.2) is 4.98 Å². The van der Waals surface area contributed by atoms with Crippen LogP contribution in [0.15, 0.2) is 35.6 Å². The summed E-state index contributed by atoms with van der Waals surface area (Å²) in [5.41, 5.74) is 21.5. The molecule has 54 heavy (non-hydrogen) atoms. The van der Waals surface area contributed by atoms with Gasteiger partial charge in [0.15, 0.2) is 12.4 Å². The van der Waals surface area contributed by atoms with Gasteiger partial charge in [-0.2, -0.15) is 28.5 Å². The number of anilines is 2. The van der Waals surface area contributed by atoms with E-state index in [2.05, 4.69) is 55.0 Å². The number of unbranched alkanes of at least 4 members (excludes halogenated alkanes) is 2. The third-order valence-electron chi connectivity index (χ3n) is 8.67. The highest BCUT2D eigenvalue weighted by molar-refractivity contribution is 8.01. The molecule has 2 aromatic heterocycles. The van der Waals surface area contributed by atoms with Crippen LogP contribution in [0.3, 0.4) is 0 Å². The number of hydrogen-bond acceptors (Lipinski definition) is 15. The Morgan fingerprint density at radius 1 is 0.981 bits per heavy atom. The molecule has 0 saturated carbocycles. The molecule has 296 valence electrons. The maximum absolute atomic E-state index is 13.0. The van der Waals surface area contributed by atoms with Crippen molar-refractivity contribution in [3.63, 3.8) is 0 Å². The van der Waals surface area contributed by atoms with E-state index >= 15 is 0 Å². The predicted octanol–water partition coefficient (Wildman–Crippen LogP) is 1.98. The number of oxime groups is 1. The monoisotopic (exact) mass is 788 g/mol. The molecule has 1 aromatic carbocycles. The molecule has 1 aliphatic heterocycles. The number of aliphatic carboxylic acids is 2. The van der Waals surface area contributed by atoms with Gasteiger partial charge in [-0.3, -0.25) is 19.3 Å². The number of carboxylic acids is 2. The summed E-state index contributed by atoms with van der Waals surface area (Å²) >= 11 is 2.52. The van der Waals surface area contributed by atoms with Crippen molar-refractivity contribution in [3.05, 3.63) is 41.6 Å². The minimum atomic E-state index is -1.11. The Hall–Kier alpha value is -4.30. The van der Waals surface area contributed by atoms with Crippen molar-refractivity contribution >= 4 is 69.9 Å². The molecule has 9 N–H and O–H groups in total. The number of nitrogens with two attached hydrogens (primary N) is 3. The molecule has 4 rings (SSSR count). The summed E-state index contributed by atoms with van der Waals surface area (Å²) in [4.78, 5) is 53.4. The van der Waals surface area contributed by atoms with Gasteiger partial charge in [0.2, 0.25) is 5.95 Å². The lowest BCUT2D eigenvalue weighted by Gasteiger charge is -2.34. The molecule has 1 aliphatic rings. The maximum atomic E-state index is 13.0. The van der Waals surface area contributed by atoms with E-state index in [1.807, 2.05) is 12.3 Å². The van der Waals surface area contributed by atoms with Crippen molar-refractivity contribution in [2.75, 3.05) is 80.5 Å². The second-order valence-corrected chi connectivity index (χ2v) is 15.0. The Bertz CT molecular complexity index is 1710. The number of amides is 1. The van der Waals surface area contributed by atoms with E-state index in [0.717, 1.165) is 59.5 Å². The number of rotatable bonds is 23. The van der Waals surface area contributed by atoms with E-state index in [1.165, 1.54) is 23.5 Å². The summed E-state index contributed by atoms with van der Waals surface area (Å²) in [7, 11) is 1.67. The van der Waals surface area contributed by atoms with Crippen LogP contribution in [0.2, 0.25) is 0 Å². The first-order valence-electron chi connectivity index (χ1n) is 17.8. The lowest BCUT2D eigenvalue weighted by molar-refractivity contribution is -0.138. The average molecular weight is 789 g/mol. The first kappa shape index (κ1) is 42.4. The van der Waals surface area contributed by atoms with E-state index in [1.54, 1.807) is 12.0 Å². The van der Waals surface area contributed by atoms with Crippen molar-refractivity contribution in [1.82, 2.24) is 24.3 Å². The fourth-order valence-corrected chi connectivity index (χ4v) is 7.63. The summed E-state index contributed by atoms with van der Waals surface area (Å²) < 4.78 is 7.93. The highest BCUT2D eigenvalue weighted by atomic mass is 32.2. The van der Waals surface area contributed by atoms with Crippen molar-refractivity contribution in [1.29, 1.82) is 0 Å². The molecule has 19 heteroatoms. The number of aromatic nitrogens is 3. The van der Waals surface area contributed by atoms with Crippen molar-refractivity contribution < 1.29 is 34.2 Å². The third kappa shape index (κ3) is 12.9. The number of fused-ring (bicyclic) bond motifs is 1. The normalized spacial score (nSPS) is 14.4. The summed E-state index contributed by atoms with van der Waals surface area (Å²) in [6.45, 7) is 6.39. The van der Waals surface area contributed by atoms with Crippen LogP contribution in [0.25, 0.3) is 11.0 Å². The fourth-order valence-electron chi connectivity index (χ4n) is 5.69. The van der Waals surface area contributed by atoms with Gasteiger partial charge in [0, 0.05) is 74.0 Å². The van der Waals surface area contributed by atoms with Crippen LogP contribution in [-0.4, -0.2) is 140 Å². The summed E-state index contributed by atoms with van der Waals surface area (Å²) in [6.07, 6.45) is 5.29. The smallest absolute Gasteiger partial charge is 0.321 e. The van der Waals surface area contributed by atoms with E-state index in [0.29, 0.717) is 56.5 Å². The number of carbonyl (C=O) groups excluding carboxylic acids is 1. The number of carboxylic acid groups (broad SMARTS) is 2. The number of benzene rings is 1. The Balaban J connectivity index is 1.29. The second kappa shape index (κ2) is 21.6. The number of hydrogen-bond donors (Lipinski definition) is 6. The molecular weight excluding hydrogens is 737 g/mol. The first-order valence-corrected chi connectivity index (χ1v) is 20.1. The van der Waals surface area contributed by atoms with Gasteiger partial charge in [-0.15, -0.1) is 0 Å². The number of piperazine rings is 1. The molecule has 2 atom stereocenters. The largest absolute Gasteiger partial charge is 0.496 e. The van der Waals surface area contributed by atoms with Gasteiger partial charge in [-0.1, -0.05) is 37.1 Å². The van der Waals surface area contributed by atoms with Gasteiger partial charge in [0.25, 0.3) is 5.91 Å². The molecule has 1 amide bonds. The van der Waals surface area contributed by atoms with Gasteiger partial charge in [0.05, 0.1) is 24.9 Å². The Morgan fingerprint density at radius 3 is 2.30 bits per heavy atom. The number of ether oxygens (including phenoxy) is 1. The number of nitrogens with zero attached hydrogens (tertiary/aromatic N) is 6. The minimum absolute atomic E-state index is 0.156. The van der Waals surface area contributed by atoms with Crippen molar-refractivity contribution in [3.8, 4) is 5.75 Å². The molecule has 0 spiro atoms. The zero-order valence-corrected chi connectivity index (χ0v) is 32.4. The Kier molecular flexibility index (Phi) is 16.9. The molecule has 0 radical (unpaired) electrons. The number of methoxy groups -OCH3 is 1.